The predicted molar refractivity (Wildman–Crippen MR) is 49.4 cm³/mol. The van der Waals surface area contributed by atoms with Crippen LogP contribution in [0.2, 0.25) is 11.0 Å². The van der Waals surface area contributed by atoms with Crippen LogP contribution < -0.4 is 0 Å². The van der Waals surface area contributed by atoms with Crippen LogP contribution in [0.1, 0.15) is 6.42 Å². The van der Waals surface area contributed by atoms with Gasteiger partial charge in [0.25, 0.3) is 0 Å². The van der Waals surface area contributed by atoms with E-state index < -0.39 is 13.9 Å². The van der Waals surface area contributed by atoms with Crippen LogP contribution in [-0.2, 0) is 7.53 Å². The normalized spacial score (nSPS) is 43.2. The fourth-order valence-corrected chi connectivity index (χ4v) is 6.58. The maximum atomic E-state index is 5.86. The molecule has 0 aromatic rings. The van der Waals surface area contributed by atoms with Crippen molar-refractivity contribution in [2.75, 3.05) is 32.8 Å². The van der Waals surface area contributed by atoms with Crippen molar-refractivity contribution >= 4 is 13.9 Å². The van der Waals surface area contributed by atoms with E-state index in [0.29, 0.717) is 0 Å². The van der Waals surface area contributed by atoms with Crippen LogP contribution in [0, 0.1) is 0 Å². The summed E-state index contributed by atoms with van der Waals surface area (Å²) < 4.78 is 11.7. The zero-order valence-corrected chi connectivity index (χ0v) is 9.81. The predicted octanol–water partition coefficient (Wildman–Crippen LogP) is 0.811. The number of fused-ring (bicyclic) bond motifs is 6. The third-order valence-electron chi connectivity index (χ3n) is 2.74. The van der Waals surface area contributed by atoms with Gasteiger partial charge in [-0.25, -0.2) is 0 Å². The van der Waals surface area contributed by atoms with Crippen LogP contribution in [0.3, 0.4) is 0 Å². The van der Waals surface area contributed by atoms with Crippen molar-refractivity contribution < 1.29 is 7.53 Å². The quantitative estimate of drug-likeness (QED) is 0.576. The Labute approximate surface area is 77.1 Å². The molecule has 0 aromatic carbocycles. The summed E-state index contributed by atoms with van der Waals surface area (Å²) >= 11 is -2.21. The molecular weight excluding hydrogens is 215 g/mol. The van der Waals surface area contributed by atoms with Gasteiger partial charge in [-0.3, -0.25) is 0 Å². The van der Waals surface area contributed by atoms with Crippen molar-refractivity contribution in [3.05, 3.63) is 0 Å². The molecule has 3 fully saturated rings. The Morgan fingerprint density at radius 3 is 2.42 bits per heavy atom. The van der Waals surface area contributed by atoms with E-state index >= 15 is 0 Å². The average Bonchev–Trinajstić information content (AvgIpc) is 1.93. The molecule has 0 N–H and O–H groups in total. The third kappa shape index (κ3) is 2.02. The van der Waals surface area contributed by atoms with E-state index in [2.05, 4.69) is 10.7 Å². The Morgan fingerprint density at radius 1 is 1.08 bits per heavy atom. The van der Waals surface area contributed by atoms with E-state index in [1.165, 1.54) is 18.2 Å². The van der Waals surface area contributed by atoms with Gasteiger partial charge in [-0.15, -0.1) is 0 Å². The van der Waals surface area contributed by atoms with Crippen molar-refractivity contribution in [3.63, 3.8) is 0 Å². The van der Waals surface area contributed by atoms with Gasteiger partial charge in [-0.1, -0.05) is 0 Å². The monoisotopic (exact) mass is 233 g/mol. The average molecular weight is 232 g/mol. The second kappa shape index (κ2) is 3.66. The molecule has 0 unspecified atom stereocenters. The summed E-state index contributed by atoms with van der Waals surface area (Å²) in [6.07, 6.45) is 1.27. The van der Waals surface area contributed by atoms with E-state index in [-0.39, 0.29) is 0 Å². The first kappa shape index (κ1) is 9.00. The van der Waals surface area contributed by atoms with Gasteiger partial charge < -0.3 is 0 Å². The fourth-order valence-electron chi connectivity index (χ4n) is 1.93. The summed E-state index contributed by atoms with van der Waals surface area (Å²) in [4.78, 5) is 2.45. The zero-order valence-electron chi connectivity index (χ0n) is 7.71. The van der Waals surface area contributed by atoms with Gasteiger partial charge in [0.15, 0.2) is 0 Å². The molecule has 3 saturated heterocycles. The topological polar surface area (TPSA) is 21.7 Å². The van der Waals surface area contributed by atoms with Crippen LogP contribution in [-0.4, -0.2) is 51.7 Å². The Hall–Kier alpha value is 0.423. The molecule has 0 saturated carbocycles. The van der Waals surface area contributed by atoms with Crippen molar-refractivity contribution in [1.82, 2.24) is 4.90 Å². The molecule has 0 amide bonds. The molecule has 3 heterocycles. The number of hydrogen-bond acceptors (Lipinski definition) is 3. The molecule has 2 bridgehead atoms. The molecule has 0 aliphatic carbocycles. The molecule has 70 valence electrons. The Balaban J connectivity index is 2.06. The fraction of sp³-hybridized carbons (Fsp3) is 1.00. The first-order chi connectivity index (χ1) is 5.79. The summed E-state index contributed by atoms with van der Waals surface area (Å²) in [6, 6.07) is 0. The number of nitrogens with zero attached hydrogens (tertiary/aromatic N) is 1. The number of hydrogen-bond donors (Lipinski definition) is 0. The van der Waals surface area contributed by atoms with Crippen LogP contribution in [0.15, 0.2) is 0 Å². The molecule has 3 aliphatic heterocycles. The van der Waals surface area contributed by atoms with Crippen molar-refractivity contribution in [3.8, 4) is 0 Å². The van der Waals surface area contributed by atoms with E-state index in [1.54, 1.807) is 0 Å². The Morgan fingerprint density at radius 2 is 1.75 bits per heavy atom. The van der Waals surface area contributed by atoms with Crippen molar-refractivity contribution in [2.45, 2.75) is 17.4 Å². The summed E-state index contributed by atoms with van der Waals surface area (Å²) in [5.41, 5.74) is 0. The minimum absolute atomic E-state index is 0.899. The molecule has 3 nitrogen and oxygen atoms in total. The van der Waals surface area contributed by atoms with E-state index in [9.17, 15) is 0 Å². The zero-order chi connectivity index (χ0) is 8.44. The molecule has 4 heteroatoms. The molecule has 3 aliphatic rings. The molecule has 0 atom stereocenters. The summed E-state index contributed by atoms with van der Waals surface area (Å²) in [5.74, 6) is 2.25. The van der Waals surface area contributed by atoms with Gasteiger partial charge in [-0.2, -0.15) is 0 Å². The Kier molecular flexibility index (Phi) is 2.74. The molecule has 0 radical (unpaired) electrons. The van der Waals surface area contributed by atoms with E-state index in [4.69, 9.17) is 7.53 Å². The summed E-state index contributed by atoms with van der Waals surface area (Å²) in [5, 5.41) is 1.22. The number of rotatable bonds is 0. The van der Waals surface area contributed by atoms with Gasteiger partial charge in [-0.05, 0) is 0 Å². The second-order valence-corrected chi connectivity index (χ2v) is 10.8. The molecular formula is C8H17GeNO2. The van der Waals surface area contributed by atoms with Crippen LogP contribution in [0.5, 0.6) is 0 Å². The van der Waals surface area contributed by atoms with Crippen molar-refractivity contribution in [2.24, 2.45) is 0 Å². The van der Waals surface area contributed by atoms with Crippen LogP contribution in [0.25, 0.3) is 0 Å². The molecule has 3 rings (SSSR count). The van der Waals surface area contributed by atoms with Gasteiger partial charge in [0.05, 0.1) is 0 Å². The van der Waals surface area contributed by atoms with E-state index in [1.807, 2.05) is 0 Å². The SMILES string of the molecule is [CH3][Ge]12[CH2]CCN(CC[O]1)CC[O]2. The summed E-state index contributed by atoms with van der Waals surface area (Å²) in [7, 11) is 0. The summed E-state index contributed by atoms with van der Waals surface area (Å²) in [6.45, 7) is 5.29. The Bertz CT molecular complexity index is 139. The standard InChI is InChI=1S/C8H17GeNO2/c1-9-3-2-4-10(5-7-11-9)6-8-12-9/h2-8H2,1H3. The second-order valence-electron chi connectivity index (χ2n) is 3.78. The van der Waals surface area contributed by atoms with Gasteiger partial charge in [0, 0.05) is 0 Å². The van der Waals surface area contributed by atoms with E-state index in [0.717, 1.165) is 26.3 Å². The first-order valence-electron chi connectivity index (χ1n) is 4.79. The van der Waals surface area contributed by atoms with Crippen molar-refractivity contribution in [1.29, 1.82) is 0 Å². The van der Waals surface area contributed by atoms with Crippen LogP contribution >= 0.6 is 0 Å². The third-order valence-corrected chi connectivity index (χ3v) is 8.80. The molecule has 0 aromatic heterocycles. The molecule has 0 spiro atoms. The first-order valence-corrected chi connectivity index (χ1v) is 10.1. The minimum atomic E-state index is -2.21. The van der Waals surface area contributed by atoms with Gasteiger partial charge in [0.2, 0.25) is 0 Å². The molecule has 12 heavy (non-hydrogen) atoms. The van der Waals surface area contributed by atoms with Gasteiger partial charge in [0.1, 0.15) is 0 Å². The van der Waals surface area contributed by atoms with Gasteiger partial charge >= 0.3 is 76.6 Å². The van der Waals surface area contributed by atoms with Crippen LogP contribution in [0.4, 0.5) is 0 Å². The maximum absolute atomic E-state index is 5.86.